The molecule has 3 heterocycles. The van der Waals surface area contributed by atoms with Crippen LogP contribution < -0.4 is 4.90 Å². The summed E-state index contributed by atoms with van der Waals surface area (Å²) in [4.78, 5) is 14.5. The fourth-order valence-electron chi connectivity index (χ4n) is 4.04. The Morgan fingerprint density at radius 2 is 1.76 bits per heavy atom. The molecular formula is C24H24N4S. The third-order valence-corrected chi connectivity index (χ3v) is 6.44. The van der Waals surface area contributed by atoms with Crippen molar-refractivity contribution in [3.05, 3.63) is 77.9 Å². The summed E-state index contributed by atoms with van der Waals surface area (Å²) >= 11 is 1.74. The lowest BCUT2D eigenvalue weighted by Crippen LogP contribution is -2.30. The van der Waals surface area contributed by atoms with Crippen LogP contribution in [0.5, 0.6) is 0 Å². The van der Waals surface area contributed by atoms with E-state index in [-0.39, 0.29) is 0 Å². The van der Waals surface area contributed by atoms with Crippen LogP contribution in [0.4, 0.5) is 5.69 Å². The molecule has 5 heteroatoms. The van der Waals surface area contributed by atoms with E-state index in [9.17, 15) is 0 Å². The number of pyridine rings is 1. The Morgan fingerprint density at radius 1 is 0.862 bits per heavy atom. The van der Waals surface area contributed by atoms with E-state index in [1.807, 2.05) is 18.3 Å². The van der Waals surface area contributed by atoms with Gasteiger partial charge < -0.3 is 4.90 Å². The van der Waals surface area contributed by atoms with Crippen molar-refractivity contribution in [2.24, 2.45) is 0 Å². The topological polar surface area (TPSA) is 32.3 Å². The van der Waals surface area contributed by atoms with Gasteiger partial charge in [-0.2, -0.15) is 0 Å². The molecule has 4 aromatic rings. The molecule has 0 atom stereocenters. The van der Waals surface area contributed by atoms with E-state index in [2.05, 4.69) is 68.7 Å². The van der Waals surface area contributed by atoms with Crippen LogP contribution in [0, 0.1) is 0 Å². The molecule has 1 aliphatic rings. The van der Waals surface area contributed by atoms with Gasteiger partial charge in [0.25, 0.3) is 0 Å². The van der Waals surface area contributed by atoms with Crippen LogP contribution in [0.15, 0.2) is 72.2 Å². The summed E-state index contributed by atoms with van der Waals surface area (Å²) < 4.78 is 0. The molecule has 1 fully saturated rings. The average Bonchev–Trinajstić information content (AvgIpc) is 3.12. The molecule has 0 spiro atoms. The molecule has 4 nitrogen and oxygen atoms in total. The van der Waals surface area contributed by atoms with Gasteiger partial charge in [-0.3, -0.25) is 9.88 Å². The molecule has 0 aliphatic carbocycles. The molecule has 2 aromatic carbocycles. The summed E-state index contributed by atoms with van der Waals surface area (Å²) in [7, 11) is 0. The van der Waals surface area contributed by atoms with Crippen LogP contribution in [0.3, 0.4) is 0 Å². The molecule has 5 rings (SSSR count). The van der Waals surface area contributed by atoms with Crippen molar-refractivity contribution < 1.29 is 0 Å². The Bertz CT molecular complexity index is 1090. The highest BCUT2D eigenvalue weighted by Crippen LogP contribution is 2.27. The number of hydrogen-bond donors (Lipinski definition) is 0. The molecule has 0 bridgehead atoms. The molecule has 1 saturated heterocycles. The van der Waals surface area contributed by atoms with Gasteiger partial charge in [0.2, 0.25) is 0 Å². The number of benzene rings is 2. The second kappa shape index (κ2) is 8.31. The normalized spacial score (nSPS) is 15.5. The SMILES string of the molecule is c1ccc(-c2nc(CN3CCCN(c4cccc5cccnc45)CC3)cs2)cc1. The minimum absolute atomic E-state index is 0.922. The zero-order chi connectivity index (χ0) is 19.5. The lowest BCUT2D eigenvalue weighted by atomic mass is 10.1. The summed E-state index contributed by atoms with van der Waals surface area (Å²) in [6, 6.07) is 21.1. The van der Waals surface area contributed by atoms with Crippen LogP contribution in [-0.2, 0) is 6.54 Å². The van der Waals surface area contributed by atoms with Crippen LogP contribution in [0.1, 0.15) is 12.1 Å². The molecule has 146 valence electrons. The maximum absolute atomic E-state index is 4.88. The maximum Gasteiger partial charge on any atom is 0.123 e. The Kier molecular flexibility index (Phi) is 5.24. The van der Waals surface area contributed by atoms with E-state index in [1.54, 1.807) is 11.3 Å². The third-order valence-electron chi connectivity index (χ3n) is 5.50. The van der Waals surface area contributed by atoms with Gasteiger partial charge in [-0.15, -0.1) is 11.3 Å². The largest absolute Gasteiger partial charge is 0.368 e. The predicted molar refractivity (Wildman–Crippen MR) is 121 cm³/mol. The van der Waals surface area contributed by atoms with Crippen molar-refractivity contribution in [2.45, 2.75) is 13.0 Å². The highest BCUT2D eigenvalue weighted by Gasteiger charge is 2.18. The number of nitrogens with zero attached hydrogens (tertiary/aromatic N) is 4. The standard InChI is InChI=1S/C24H24N4S/c1-2-7-20(8-3-1)24-26-21(18-29-24)17-27-13-6-14-28(16-15-27)22-11-4-9-19-10-5-12-25-23(19)22/h1-5,7-12,18H,6,13-17H2. The zero-order valence-corrected chi connectivity index (χ0v) is 17.2. The predicted octanol–water partition coefficient (Wildman–Crippen LogP) is 5.07. The Hall–Kier alpha value is -2.76. The number of rotatable bonds is 4. The fourth-order valence-corrected chi connectivity index (χ4v) is 4.85. The average molecular weight is 401 g/mol. The smallest absolute Gasteiger partial charge is 0.123 e. The summed E-state index contributed by atoms with van der Waals surface area (Å²) in [5.74, 6) is 0. The minimum Gasteiger partial charge on any atom is -0.368 e. The monoisotopic (exact) mass is 400 g/mol. The summed E-state index contributed by atoms with van der Waals surface area (Å²) in [5.41, 5.74) is 4.74. The van der Waals surface area contributed by atoms with Gasteiger partial charge >= 0.3 is 0 Å². The molecule has 0 unspecified atom stereocenters. The van der Waals surface area contributed by atoms with Gasteiger partial charge in [0.1, 0.15) is 5.01 Å². The Morgan fingerprint density at radius 3 is 2.69 bits per heavy atom. The highest BCUT2D eigenvalue weighted by atomic mass is 32.1. The van der Waals surface area contributed by atoms with Crippen LogP contribution in [0.2, 0.25) is 0 Å². The summed E-state index contributed by atoms with van der Waals surface area (Å²) in [6.07, 6.45) is 3.04. The van der Waals surface area contributed by atoms with Gasteiger partial charge in [0, 0.05) is 55.3 Å². The molecular weight excluding hydrogens is 376 g/mol. The van der Waals surface area contributed by atoms with Crippen LogP contribution in [0.25, 0.3) is 21.5 Å². The number of anilines is 1. The van der Waals surface area contributed by atoms with Gasteiger partial charge in [0.05, 0.1) is 16.9 Å². The lowest BCUT2D eigenvalue weighted by molar-refractivity contribution is 0.282. The van der Waals surface area contributed by atoms with E-state index in [0.717, 1.165) is 49.7 Å². The quantitative estimate of drug-likeness (QED) is 0.479. The molecule has 0 saturated carbocycles. The zero-order valence-electron chi connectivity index (χ0n) is 16.4. The van der Waals surface area contributed by atoms with Crippen molar-refractivity contribution in [3.63, 3.8) is 0 Å². The molecule has 0 amide bonds. The number of para-hydroxylation sites is 1. The molecule has 1 aliphatic heterocycles. The second-order valence-electron chi connectivity index (χ2n) is 7.48. The van der Waals surface area contributed by atoms with E-state index in [1.165, 1.54) is 22.3 Å². The van der Waals surface area contributed by atoms with Crippen molar-refractivity contribution in [2.75, 3.05) is 31.1 Å². The summed E-state index contributed by atoms with van der Waals surface area (Å²) in [5, 5.41) is 4.53. The molecule has 0 radical (unpaired) electrons. The summed E-state index contributed by atoms with van der Waals surface area (Å²) in [6.45, 7) is 5.16. The number of thiazole rings is 1. The first kappa shape index (κ1) is 18.3. The number of aromatic nitrogens is 2. The Balaban J connectivity index is 1.28. The number of hydrogen-bond acceptors (Lipinski definition) is 5. The Labute approximate surface area is 175 Å². The molecule has 29 heavy (non-hydrogen) atoms. The van der Waals surface area contributed by atoms with Gasteiger partial charge in [0.15, 0.2) is 0 Å². The first-order chi connectivity index (χ1) is 14.4. The molecule has 0 N–H and O–H groups in total. The van der Waals surface area contributed by atoms with E-state index in [4.69, 9.17) is 4.98 Å². The lowest BCUT2D eigenvalue weighted by Gasteiger charge is -2.24. The maximum atomic E-state index is 4.88. The third kappa shape index (κ3) is 4.02. The van der Waals surface area contributed by atoms with Crippen LogP contribution in [-0.4, -0.2) is 41.0 Å². The minimum atomic E-state index is 0.922. The van der Waals surface area contributed by atoms with Crippen molar-refractivity contribution in [3.8, 4) is 10.6 Å². The van der Waals surface area contributed by atoms with Crippen molar-refractivity contribution in [1.82, 2.24) is 14.9 Å². The number of fused-ring (bicyclic) bond motifs is 1. The van der Waals surface area contributed by atoms with Crippen molar-refractivity contribution in [1.29, 1.82) is 0 Å². The van der Waals surface area contributed by atoms with E-state index >= 15 is 0 Å². The van der Waals surface area contributed by atoms with Crippen LogP contribution >= 0.6 is 11.3 Å². The van der Waals surface area contributed by atoms with Crippen molar-refractivity contribution >= 4 is 27.9 Å². The van der Waals surface area contributed by atoms with E-state index in [0.29, 0.717) is 0 Å². The fraction of sp³-hybridized carbons (Fsp3) is 0.250. The second-order valence-corrected chi connectivity index (χ2v) is 8.34. The highest BCUT2D eigenvalue weighted by molar-refractivity contribution is 7.13. The van der Waals surface area contributed by atoms with E-state index < -0.39 is 0 Å². The first-order valence-corrected chi connectivity index (χ1v) is 11.1. The van der Waals surface area contributed by atoms with Gasteiger partial charge in [-0.05, 0) is 18.6 Å². The first-order valence-electron chi connectivity index (χ1n) is 10.2. The van der Waals surface area contributed by atoms with Gasteiger partial charge in [-0.25, -0.2) is 4.98 Å². The van der Waals surface area contributed by atoms with Gasteiger partial charge in [-0.1, -0.05) is 48.5 Å². The molecule has 2 aromatic heterocycles.